The molecule has 0 spiro atoms. The Kier molecular flexibility index (Phi) is 8.60. The van der Waals surface area contributed by atoms with Gasteiger partial charge in [0.15, 0.2) is 0 Å². The molecule has 2 saturated carbocycles. The monoisotopic (exact) mass is 490 g/mol. The molecule has 5 rings (SSSR count). The number of hydrogen-bond donors (Lipinski definition) is 4. The Labute approximate surface area is 210 Å². The van der Waals surface area contributed by atoms with E-state index >= 15 is 0 Å². The lowest BCUT2D eigenvalue weighted by atomic mass is 9.74. The van der Waals surface area contributed by atoms with Crippen molar-refractivity contribution in [3.05, 3.63) is 0 Å². The summed E-state index contributed by atoms with van der Waals surface area (Å²) in [4.78, 5) is 35.6. The van der Waals surface area contributed by atoms with Crippen molar-refractivity contribution in [1.29, 1.82) is 0 Å². The number of hydroxylamine groups is 1. The Bertz CT molecular complexity index is 730. The summed E-state index contributed by atoms with van der Waals surface area (Å²) in [7, 11) is 0. The smallest absolute Gasteiger partial charge is 0.237 e. The second-order valence-electron chi connectivity index (χ2n) is 11.8. The summed E-state index contributed by atoms with van der Waals surface area (Å²) >= 11 is 0. The first-order chi connectivity index (χ1) is 17.1. The highest BCUT2D eigenvalue weighted by Gasteiger charge is 2.40. The maximum Gasteiger partial charge on any atom is 0.237 e. The van der Waals surface area contributed by atoms with Gasteiger partial charge in [0.25, 0.3) is 0 Å². The van der Waals surface area contributed by atoms with Gasteiger partial charge < -0.3 is 4.90 Å². The molecule has 9 heteroatoms. The summed E-state index contributed by atoms with van der Waals surface area (Å²) < 4.78 is 0. The van der Waals surface area contributed by atoms with Crippen molar-refractivity contribution >= 4 is 11.8 Å². The van der Waals surface area contributed by atoms with Gasteiger partial charge in [-0.15, -0.1) is 0 Å². The molecule has 5 aliphatic rings. The zero-order valence-electron chi connectivity index (χ0n) is 21.5. The molecule has 2 aliphatic carbocycles. The van der Waals surface area contributed by atoms with Gasteiger partial charge >= 0.3 is 0 Å². The minimum atomic E-state index is -0.0807. The molecular weight excluding hydrogens is 444 g/mol. The first kappa shape index (κ1) is 25.4. The number of rotatable bonds is 6. The number of hydrogen-bond acceptors (Lipinski definition) is 7. The second-order valence-corrected chi connectivity index (χ2v) is 11.8. The number of nitrogens with one attached hydrogen (secondary N) is 4. The van der Waals surface area contributed by atoms with E-state index in [2.05, 4.69) is 33.5 Å². The van der Waals surface area contributed by atoms with E-state index in [0.29, 0.717) is 30.7 Å². The fourth-order valence-electron chi connectivity index (χ4n) is 7.02. The third kappa shape index (κ3) is 6.36. The van der Waals surface area contributed by atoms with Gasteiger partial charge in [0.05, 0.1) is 6.17 Å². The van der Waals surface area contributed by atoms with Gasteiger partial charge in [0, 0.05) is 44.6 Å². The van der Waals surface area contributed by atoms with Crippen molar-refractivity contribution in [1.82, 2.24) is 31.4 Å². The molecule has 2 amide bonds. The molecule has 5 unspecified atom stereocenters. The van der Waals surface area contributed by atoms with Gasteiger partial charge in [-0.05, 0) is 62.8 Å². The number of amides is 2. The van der Waals surface area contributed by atoms with Gasteiger partial charge in [0.2, 0.25) is 11.8 Å². The SMILES string of the molecule is CC1CCC(C2NOC(CCC(=O)N3CCCN(CC4NNC(=O)C5CCCCC45)CC3)N2)CC1. The van der Waals surface area contributed by atoms with E-state index in [-0.39, 0.29) is 30.1 Å². The number of fused-ring (bicyclic) bond motifs is 1. The third-order valence-electron chi connectivity index (χ3n) is 9.30. The molecule has 3 heterocycles. The van der Waals surface area contributed by atoms with Crippen LogP contribution in [0.2, 0.25) is 0 Å². The average molecular weight is 491 g/mol. The molecule has 3 saturated heterocycles. The fourth-order valence-corrected chi connectivity index (χ4v) is 7.02. The normalized spacial score (nSPS) is 39.1. The van der Waals surface area contributed by atoms with Crippen molar-refractivity contribution in [2.24, 2.45) is 23.7 Å². The van der Waals surface area contributed by atoms with E-state index in [9.17, 15) is 9.59 Å². The van der Waals surface area contributed by atoms with Gasteiger partial charge in [0.1, 0.15) is 6.23 Å². The molecule has 198 valence electrons. The number of nitrogens with zero attached hydrogens (tertiary/aromatic N) is 2. The molecule has 0 radical (unpaired) electrons. The molecule has 9 nitrogen and oxygen atoms in total. The van der Waals surface area contributed by atoms with Crippen LogP contribution in [-0.2, 0) is 14.4 Å². The standard InChI is InChI=1S/C26H46N6O3/c1-18-7-9-19(10-8-18)25-27-23(35-30-25)11-12-24(33)32-14-4-13-31(15-16-32)17-22-20-5-2-3-6-21(20)26(34)29-28-22/h18-23,25,27-28,30H,2-17H2,1H3,(H,29,34). The van der Waals surface area contributed by atoms with Crippen LogP contribution in [0.1, 0.15) is 77.6 Å². The van der Waals surface area contributed by atoms with Crippen LogP contribution in [0.5, 0.6) is 0 Å². The molecule has 0 aromatic carbocycles. The van der Waals surface area contributed by atoms with Crippen molar-refractivity contribution in [3.63, 3.8) is 0 Å². The van der Waals surface area contributed by atoms with Crippen LogP contribution in [-0.4, -0.2) is 72.8 Å². The van der Waals surface area contributed by atoms with E-state index in [4.69, 9.17) is 4.84 Å². The first-order valence-corrected chi connectivity index (χ1v) is 14.3. The maximum atomic E-state index is 13.0. The van der Waals surface area contributed by atoms with Crippen molar-refractivity contribution in [2.75, 3.05) is 32.7 Å². The average Bonchev–Trinajstić information content (AvgIpc) is 3.23. The summed E-state index contributed by atoms with van der Waals surface area (Å²) in [6.07, 6.45) is 12.0. The fraction of sp³-hybridized carbons (Fsp3) is 0.923. The zero-order valence-corrected chi connectivity index (χ0v) is 21.5. The molecule has 0 bridgehead atoms. The highest BCUT2D eigenvalue weighted by Crippen LogP contribution is 2.35. The first-order valence-electron chi connectivity index (χ1n) is 14.3. The third-order valence-corrected chi connectivity index (χ3v) is 9.30. The van der Waals surface area contributed by atoms with Gasteiger partial charge in [-0.25, -0.2) is 5.43 Å². The summed E-state index contributed by atoms with van der Waals surface area (Å²) in [5.41, 5.74) is 9.43. The Morgan fingerprint density at radius 3 is 2.69 bits per heavy atom. The van der Waals surface area contributed by atoms with E-state index in [0.717, 1.165) is 57.9 Å². The highest BCUT2D eigenvalue weighted by atomic mass is 16.7. The van der Waals surface area contributed by atoms with Crippen LogP contribution in [0.15, 0.2) is 0 Å². The summed E-state index contributed by atoms with van der Waals surface area (Å²) in [6, 6.07) is 0.304. The lowest BCUT2D eigenvalue weighted by Crippen LogP contribution is -2.62. The summed E-state index contributed by atoms with van der Waals surface area (Å²) in [6.45, 7) is 6.80. The lowest BCUT2D eigenvalue weighted by molar-refractivity contribution is -0.134. The molecule has 4 N–H and O–H groups in total. The Hall–Kier alpha value is -1.26. The van der Waals surface area contributed by atoms with Crippen molar-refractivity contribution < 1.29 is 14.4 Å². The molecule has 3 aliphatic heterocycles. The topological polar surface area (TPSA) is 98.0 Å². The van der Waals surface area contributed by atoms with Crippen LogP contribution < -0.4 is 21.6 Å². The minimum absolute atomic E-state index is 0.0807. The minimum Gasteiger partial charge on any atom is -0.341 e. The van der Waals surface area contributed by atoms with Gasteiger partial charge in [-0.2, -0.15) is 5.48 Å². The van der Waals surface area contributed by atoms with Crippen LogP contribution in [0.4, 0.5) is 0 Å². The van der Waals surface area contributed by atoms with E-state index in [1.54, 1.807) is 0 Å². The van der Waals surface area contributed by atoms with Crippen molar-refractivity contribution in [3.8, 4) is 0 Å². The summed E-state index contributed by atoms with van der Waals surface area (Å²) in [5, 5.41) is 3.58. The predicted octanol–water partition coefficient (Wildman–Crippen LogP) is 1.71. The summed E-state index contributed by atoms with van der Waals surface area (Å²) in [5.74, 6) is 2.49. The molecular formula is C26H46N6O3. The van der Waals surface area contributed by atoms with Crippen LogP contribution in [0.3, 0.4) is 0 Å². The van der Waals surface area contributed by atoms with E-state index < -0.39 is 0 Å². The zero-order chi connectivity index (χ0) is 24.2. The van der Waals surface area contributed by atoms with E-state index in [1.165, 1.54) is 38.5 Å². The Morgan fingerprint density at radius 2 is 1.83 bits per heavy atom. The molecule has 0 aromatic heterocycles. The lowest BCUT2D eigenvalue weighted by Gasteiger charge is -2.42. The van der Waals surface area contributed by atoms with Crippen molar-refractivity contribution in [2.45, 2.75) is 96.0 Å². The predicted molar refractivity (Wildman–Crippen MR) is 133 cm³/mol. The highest BCUT2D eigenvalue weighted by molar-refractivity contribution is 5.79. The van der Waals surface area contributed by atoms with Crippen LogP contribution in [0, 0.1) is 23.7 Å². The molecule has 5 atom stereocenters. The largest absolute Gasteiger partial charge is 0.341 e. The number of carbonyl (C=O) groups excluding carboxylic acids is 2. The van der Waals surface area contributed by atoms with Crippen LogP contribution >= 0.6 is 0 Å². The number of carbonyl (C=O) groups is 2. The second kappa shape index (κ2) is 11.9. The molecule has 35 heavy (non-hydrogen) atoms. The Balaban J connectivity index is 1.03. The number of hydrazine groups is 1. The quantitative estimate of drug-likeness (QED) is 0.450. The Morgan fingerprint density at radius 1 is 1.00 bits per heavy atom. The molecule has 0 aromatic rings. The van der Waals surface area contributed by atoms with Gasteiger partial charge in [-0.3, -0.25) is 30.1 Å². The van der Waals surface area contributed by atoms with Gasteiger partial charge in [-0.1, -0.05) is 32.6 Å². The maximum absolute atomic E-state index is 13.0. The van der Waals surface area contributed by atoms with E-state index in [1.807, 2.05) is 4.90 Å². The molecule has 5 fully saturated rings. The van der Waals surface area contributed by atoms with Crippen LogP contribution in [0.25, 0.3) is 0 Å².